The molecule has 10 heteroatoms. The molecular formula is C31H29Cl2N3O4S. The smallest absolute Gasteiger partial charge is 0.338 e. The first-order valence-corrected chi connectivity index (χ1v) is 14.9. The molecule has 0 unspecified atom stereocenters. The summed E-state index contributed by atoms with van der Waals surface area (Å²) in [4.78, 5) is 34.4. The standard InChI is InChI=1S/C31H29Cl2N3O4S/c1-5-35(6-2)21-11-8-19(9-12-21)16-26-29(37)36-28(27(30(38)39-7-3)18(4)34-31(36)41-26)25-15-14-24(40-25)20-10-13-22(32)23(33)17-20/h8-17,28H,5-7H2,1-4H3/b26-16-/t28-/m1/s1. The fourth-order valence-electron chi connectivity index (χ4n) is 4.89. The van der Waals surface area contributed by atoms with E-state index in [1.165, 1.54) is 15.9 Å². The van der Waals surface area contributed by atoms with Gasteiger partial charge >= 0.3 is 5.97 Å². The highest BCUT2D eigenvalue weighted by Gasteiger charge is 2.35. The summed E-state index contributed by atoms with van der Waals surface area (Å²) in [6, 6.07) is 16.0. The third kappa shape index (κ3) is 5.64. The Morgan fingerprint density at radius 3 is 2.46 bits per heavy atom. The van der Waals surface area contributed by atoms with Crippen molar-refractivity contribution in [3.63, 3.8) is 0 Å². The maximum absolute atomic E-state index is 13.9. The molecule has 5 rings (SSSR count). The average molecular weight is 611 g/mol. The Balaban J connectivity index is 1.62. The number of carbonyl (C=O) groups is 1. The van der Waals surface area contributed by atoms with Gasteiger partial charge in [0.1, 0.15) is 17.6 Å². The summed E-state index contributed by atoms with van der Waals surface area (Å²) >= 11 is 13.6. The monoisotopic (exact) mass is 609 g/mol. The summed E-state index contributed by atoms with van der Waals surface area (Å²) < 4.78 is 13.6. The number of anilines is 1. The molecule has 212 valence electrons. The predicted octanol–water partition coefficient (Wildman–Crippen LogP) is 6.21. The lowest BCUT2D eigenvalue weighted by atomic mass is 10.0. The lowest BCUT2D eigenvalue weighted by Gasteiger charge is -2.22. The first kappa shape index (κ1) is 28.9. The van der Waals surface area contributed by atoms with Crippen LogP contribution in [-0.2, 0) is 9.53 Å². The van der Waals surface area contributed by atoms with Gasteiger partial charge in [-0.25, -0.2) is 9.79 Å². The fraction of sp³-hybridized carbons (Fsp3) is 0.258. The number of aromatic nitrogens is 1. The number of nitrogens with zero attached hydrogens (tertiary/aromatic N) is 3. The zero-order chi connectivity index (χ0) is 29.3. The van der Waals surface area contributed by atoms with Crippen molar-refractivity contribution in [2.45, 2.75) is 33.7 Å². The summed E-state index contributed by atoms with van der Waals surface area (Å²) in [7, 11) is 0. The van der Waals surface area contributed by atoms with Crippen LogP contribution in [0.2, 0.25) is 10.0 Å². The van der Waals surface area contributed by atoms with Crippen LogP contribution in [0.1, 0.15) is 45.1 Å². The molecule has 41 heavy (non-hydrogen) atoms. The summed E-state index contributed by atoms with van der Waals surface area (Å²) in [5, 5.41) is 0.823. The highest BCUT2D eigenvalue weighted by molar-refractivity contribution is 7.07. The number of thiazole rings is 1. The van der Waals surface area contributed by atoms with Gasteiger partial charge in [-0.15, -0.1) is 0 Å². The Labute approximate surface area is 251 Å². The summed E-state index contributed by atoms with van der Waals surface area (Å²) in [5.74, 6) is 0.374. The molecule has 0 N–H and O–H groups in total. The van der Waals surface area contributed by atoms with Crippen molar-refractivity contribution in [1.82, 2.24) is 4.57 Å². The van der Waals surface area contributed by atoms with E-state index in [9.17, 15) is 9.59 Å². The highest BCUT2D eigenvalue weighted by Crippen LogP contribution is 2.35. The molecule has 0 aliphatic carbocycles. The van der Waals surface area contributed by atoms with Crippen molar-refractivity contribution in [3.05, 3.63) is 107 Å². The molecule has 0 radical (unpaired) electrons. The van der Waals surface area contributed by atoms with Crippen molar-refractivity contribution in [3.8, 4) is 11.3 Å². The Hall–Kier alpha value is -3.59. The Morgan fingerprint density at radius 2 is 1.80 bits per heavy atom. The van der Waals surface area contributed by atoms with Crippen molar-refractivity contribution in [2.24, 2.45) is 4.99 Å². The second-order valence-corrected chi connectivity index (χ2v) is 11.2. The molecule has 0 bridgehead atoms. The van der Waals surface area contributed by atoms with Crippen LogP contribution < -0.4 is 19.8 Å². The molecular weight excluding hydrogens is 581 g/mol. The van der Waals surface area contributed by atoms with Gasteiger partial charge in [0.15, 0.2) is 4.80 Å². The second-order valence-electron chi connectivity index (χ2n) is 9.40. The van der Waals surface area contributed by atoms with Crippen LogP contribution in [0.15, 0.2) is 80.1 Å². The normalized spacial score (nSPS) is 15.1. The zero-order valence-electron chi connectivity index (χ0n) is 23.1. The van der Waals surface area contributed by atoms with Crippen LogP contribution in [0.3, 0.4) is 0 Å². The largest absolute Gasteiger partial charge is 0.463 e. The molecule has 1 atom stereocenters. The molecule has 2 aromatic heterocycles. The van der Waals surface area contributed by atoms with Gasteiger partial charge in [-0.2, -0.15) is 0 Å². The molecule has 4 aromatic rings. The van der Waals surface area contributed by atoms with E-state index < -0.39 is 12.0 Å². The SMILES string of the molecule is CCOC(=O)C1=C(C)N=c2s/c(=C\c3ccc(N(CC)CC)cc3)c(=O)n2[C@@H]1c1ccc(-c2ccc(Cl)c(Cl)c2)o1. The molecule has 2 aromatic carbocycles. The molecule has 0 saturated heterocycles. The Morgan fingerprint density at radius 1 is 1.07 bits per heavy atom. The number of fused-ring (bicyclic) bond motifs is 1. The van der Waals surface area contributed by atoms with E-state index in [0.717, 1.165) is 24.3 Å². The first-order valence-electron chi connectivity index (χ1n) is 13.4. The lowest BCUT2D eigenvalue weighted by Crippen LogP contribution is -2.39. The third-order valence-corrected chi connectivity index (χ3v) is 8.66. The number of halogens is 2. The molecule has 0 saturated carbocycles. The number of esters is 1. The van der Waals surface area contributed by atoms with Crippen LogP contribution >= 0.6 is 34.5 Å². The first-order chi connectivity index (χ1) is 19.7. The van der Waals surface area contributed by atoms with Crippen LogP contribution in [0, 0.1) is 0 Å². The quantitative estimate of drug-likeness (QED) is 0.222. The summed E-state index contributed by atoms with van der Waals surface area (Å²) in [6.07, 6.45) is 1.85. The minimum Gasteiger partial charge on any atom is -0.463 e. The maximum atomic E-state index is 13.9. The average Bonchev–Trinajstić information content (AvgIpc) is 3.56. The van der Waals surface area contributed by atoms with Crippen molar-refractivity contribution in [2.75, 3.05) is 24.6 Å². The van der Waals surface area contributed by atoms with E-state index in [1.54, 1.807) is 44.2 Å². The van der Waals surface area contributed by atoms with Gasteiger partial charge in [0.2, 0.25) is 0 Å². The van der Waals surface area contributed by atoms with Crippen LogP contribution in [0.25, 0.3) is 17.4 Å². The van der Waals surface area contributed by atoms with E-state index in [2.05, 4.69) is 35.9 Å². The molecule has 3 heterocycles. The van der Waals surface area contributed by atoms with Crippen molar-refractivity contribution < 1.29 is 13.9 Å². The van der Waals surface area contributed by atoms with Gasteiger partial charge in [-0.05, 0) is 81.8 Å². The van der Waals surface area contributed by atoms with E-state index in [4.69, 9.17) is 32.4 Å². The molecule has 0 spiro atoms. The number of hydrogen-bond donors (Lipinski definition) is 0. The molecule has 0 amide bonds. The van der Waals surface area contributed by atoms with E-state index >= 15 is 0 Å². The van der Waals surface area contributed by atoms with E-state index in [0.29, 0.717) is 42.2 Å². The zero-order valence-corrected chi connectivity index (χ0v) is 25.4. The van der Waals surface area contributed by atoms with Crippen LogP contribution in [0.4, 0.5) is 5.69 Å². The van der Waals surface area contributed by atoms with E-state index in [1.807, 2.05) is 18.2 Å². The third-order valence-electron chi connectivity index (χ3n) is 6.94. The molecule has 1 aliphatic rings. The number of benzene rings is 2. The fourth-order valence-corrected chi connectivity index (χ4v) is 6.23. The van der Waals surface area contributed by atoms with Gasteiger partial charge in [-0.1, -0.05) is 46.7 Å². The van der Waals surface area contributed by atoms with E-state index in [-0.39, 0.29) is 17.7 Å². The summed E-state index contributed by atoms with van der Waals surface area (Å²) in [5.41, 5.74) is 3.18. The minimum absolute atomic E-state index is 0.183. The predicted molar refractivity (Wildman–Crippen MR) is 165 cm³/mol. The van der Waals surface area contributed by atoms with Gasteiger partial charge in [0.25, 0.3) is 5.56 Å². The number of carbonyl (C=O) groups excluding carboxylic acids is 1. The number of ether oxygens (including phenoxy) is 1. The van der Waals surface area contributed by atoms with Crippen LogP contribution in [-0.4, -0.2) is 30.2 Å². The van der Waals surface area contributed by atoms with Crippen molar-refractivity contribution >= 4 is 52.3 Å². The summed E-state index contributed by atoms with van der Waals surface area (Å²) in [6.45, 7) is 9.72. The topological polar surface area (TPSA) is 77.0 Å². The number of allylic oxidation sites excluding steroid dienone is 1. The van der Waals surface area contributed by atoms with Crippen molar-refractivity contribution in [1.29, 1.82) is 0 Å². The van der Waals surface area contributed by atoms with Gasteiger partial charge in [0.05, 0.1) is 32.5 Å². The van der Waals surface area contributed by atoms with Crippen LogP contribution in [0.5, 0.6) is 0 Å². The minimum atomic E-state index is -0.853. The Bertz CT molecular complexity index is 1810. The second kappa shape index (κ2) is 12.1. The molecule has 1 aliphatic heterocycles. The van der Waals surface area contributed by atoms with Gasteiger partial charge < -0.3 is 14.1 Å². The Kier molecular flexibility index (Phi) is 8.54. The number of hydrogen-bond acceptors (Lipinski definition) is 7. The lowest BCUT2D eigenvalue weighted by molar-refractivity contribution is -0.139. The van der Waals surface area contributed by atoms with Gasteiger partial charge in [0, 0.05) is 24.3 Å². The highest BCUT2D eigenvalue weighted by atomic mass is 35.5. The van der Waals surface area contributed by atoms with Gasteiger partial charge in [-0.3, -0.25) is 9.36 Å². The molecule has 0 fully saturated rings. The number of furan rings is 1. The number of rotatable bonds is 8. The molecule has 7 nitrogen and oxygen atoms in total. The maximum Gasteiger partial charge on any atom is 0.338 e.